The molecule has 5 nitrogen and oxygen atoms in total. The lowest BCUT2D eigenvalue weighted by atomic mass is 10.00. The van der Waals surface area contributed by atoms with Crippen LogP contribution in [0.2, 0.25) is 0 Å². The predicted octanol–water partition coefficient (Wildman–Crippen LogP) is 8.11. The lowest BCUT2D eigenvalue weighted by Gasteiger charge is -2.15. The molecule has 0 saturated carbocycles. The molecule has 1 aromatic heterocycles. The van der Waals surface area contributed by atoms with E-state index in [9.17, 15) is 8.42 Å². The third kappa shape index (κ3) is 3.92. The molecule has 0 spiro atoms. The zero-order valence-electron chi connectivity index (χ0n) is 21.7. The van der Waals surface area contributed by atoms with E-state index in [-0.39, 0.29) is 4.90 Å². The van der Waals surface area contributed by atoms with Crippen molar-refractivity contribution in [3.63, 3.8) is 0 Å². The maximum absolute atomic E-state index is 13.4. The van der Waals surface area contributed by atoms with Gasteiger partial charge in [0.2, 0.25) is 0 Å². The fourth-order valence-corrected chi connectivity index (χ4v) is 6.48. The van der Waals surface area contributed by atoms with Gasteiger partial charge in [-0.1, -0.05) is 96.6 Å². The average Bonchev–Trinajstić information content (AvgIpc) is 3.39. The summed E-state index contributed by atoms with van der Waals surface area (Å²) in [6.45, 7) is 1.93. The van der Waals surface area contributed by atoms with Crippen LogP contribution in [-0.4, -0.2) is 18.0 Å². The van der Waals surface area contributed by atoms with Crippen molar-refractivity contribution < 1.29 is 8.42 Å². The molecule has 0 aliphatic heterocycles. The first-order chi connectivity index (χ1) is 19.5. The summed E-state index contributed by atoms with van der Waals surface area (Å²) < 4.78 is 31.8. The van der Waals surface area contributed by atoms with Gasteiger partial charge in [0, 0.05) is 22.0 Å². The van der Waals surface area contributed by atoms with E-state index in [1.807, 2.05) is 73.7 Å². The zero-order valence-corrected chi connectivity index (χ0v) is 22.6. The van der Waals surface area contributed by atoms with Crippen LogP contribution in [0.4, 0.5) is 5.69 Å². The highest BCUT2D eigenvalue weighted by Gasteiger charge is 2.23. The van der Waals surface area contributed by atoms with E-state index in [2.05, 4.69) is 39.6 Å². The van der Waals surface area contributed by atoms with E-state index in [4.69, 9.17) is 4.98 Å². The maximum atomic E-state index is 13.4. The lowest BCUT2D eigenvalue weighted by molar-refractivity contribution is 0.601. The molecule has 1 heterocycles. The summed E-state index contributed by atoms with van der Waals surface area (Å²) in [7, 11) is -3.82. The zero-order chi connectivity index (χ0) is 27.3. The molecule has 0 aliphatic carbocycles. The van der Waals surface area contributed by atoms with Crippen LogP contribution in [-0.2, 0) is 10.0 Å². The Morgan fingerprint density at radius 3 is 1.93 bits per heavy atom. The van der Waals surface area contributed by atoms with Gasteiger partial charge in [0.05, 0.1) is 21.6 Å². The molecular weight excluding hydrogens is 514 g/mol. The van der Waals surface area contributed by atoms with Crippen LogP contribution < -0.4 is 4.72 Å². The number of para-hydroxylation sites is 2. The normalized spacial score (nSPS) is 11.8. The van der Waals surface area contributed by atoms with Gasteiger partial charge in [0.1, 0.15) is 5.82 Å². The Labute approximate surface area is 232 Å². The second-order valence-corrected chi connectivity index (χ2v) is 11.5. The van der Waals surface area contributed by atoms with Crippen molar-refractivity contribution in [2.24, 2.45) is 0 Å². The number of nitrogens with one attached hydrogen (secondary N) is 1. The number of aromatic nitrogens is 2. The molecule has 0 radical (unpaired) electrons. The Morgan fingerprint density at radius 1 is 0.625 bits per heavy atom. The first-order valence-electron chi connectivity index (χ1n) is 13.1. The van der Waals surface area contributed by atoms with Crippen molar-refractivity contribution in [2.45, 2.75) is 11.8 Å². The molecule has 7 aromatic rings. The number of sulfonamides is 1. The summed E-state index contributed by atoms with van der Waals surface area (Å²) in [5.74, 6) is 0.657. The smallest absolute Gasteiger partial charge is 0.261 e. The highest BCUT2D eigenvalue weighted by atomic mass is 32.2. The summed E-state index contributed by atoms with van der Waals surface area (Å²) in [5, 5.41) is 4.40. The minimum Gasteiger partial charge on any atom is -0.292 e. The van der Waals surface area contributed by atoms with Gasteiger partial charge in [0.25, 0.3) is 10.0 Å². The number of nitrogens with zero attached hydrogens (tertiary/aromatic N) is 2. The quantitative estimate of drug-likeness (QED) is 0.225. The summed E-state index contributed by atoms with van der Waals surface area (Å²) in [5.41, 5.74) is 4.93. The first-order valence-corrected chi connectivity index (χ1v) is 14.6. The second kappa shape index (κ2) is 9.36. The van der Waals surface area contributed by atoms with Crippen molar-refractivity contribution >= 4 is 48.3 Å². The highest BCUT2D eigenvalue weighted by molar-refractivity contribution is 7.92. The Morgan fingerprint density at radius 2 is 1.20 bits per heavy atom. The molecule has 0 fully saturated rings. The molecule has 0 aliphatic rings. The van der Waals surface area contributed by atoms with Gasteiger partial charge < -0.3 is 0 Å². The van der Waals surface area contributed by atoms with Crippen LogP contribution in [0.3, 0.4) is 0 Å². The summed E-state index contributed by atoms with van der Waals surface area (Å²) in [6.07, 6.45) is 0. The number of aryl methyl sites for hydroxylation is 1. The molecule has 0 unspecified atom stereocenters. The van der Waals surface area contributed by atoms with Crippen LogP contribution in [0.15, 0.2) is 132 Å². The van der Waals surface area contributed by atoms with Gasteiger partial charge in [0.15, 0.2) is 0 Å². The summed E-state index contributed by atoms with van der Waals surface area (Å²) >= 11 is 0. The van der Waals surface area contributed by atoms with Crippen LogP contribution in [0, 0.1) is 6.92 Å². The number of hydrogen-bond donors (Lipinski definition) is 1. The first kappa shape index (κ1) is 24.1. The van der Waals surface area contributed by atoms with Gasteiger partial charge in [-0.2, -0.15) is 0 Å². The topological polar surface area (TPSA) is 64.0 Å². The monoisotopic (exact) mass is 539 g/mol. The lowest BCUT2D eigenvalue weighted by Crippen LogP contribution is -2.14. The van der Waals surface area contributed by atoms with E-state index >= 15 is 0 Å². The number of anilines is 1. The molecule has 0 bridgehead atoms. The Balaban J connectivity index is 1.54. The fraction of sp³-hybridized carbons (Fsp3) is 0.0294. The van der Waals surface area contributed by atoms with E-state index in [1.54, 1.807) is 30.3 Å². The minimum absolute atomic E-state index is 0.210. The van der Waals surface area contributed by atoms with E-state index < -0.39 is 10.0 Å². The largest absolute Gasteiger partial charge is 0.292 e. The molecule has 6 aromatic carbocycles. The number of rotatable bonds is 5. The number of hydrogen-bond acceptors (Lipinski definition) is 3. The molecule has 0 amide bonds. The summed E-state index contributed by atoms with van der Waals surface area (Å²) in [6, 6.07) is 41.0. The molecule has 40 heavy (non-hydrogen) atoms. The van der Waals surface area contributed by atoms with Crippen molar-refractivity contribution in [3.05, 3.63) is 133 Å². The van der Waals surface area contributed by atoms with Gasteiger partial charge in [-0.25, -0.2) is 13.4 Å². The second-order valence-electron chi connectivity index (χ2n) is 9.86. The molecule has 1 N–H and O–H groups in total. The fourth-order valence-electron chi connectivity index (χ4n) is 5.40. The summed E-state index contributed by atoms with van der Waals surface area (Å²) in [4.78, 5) is 5.45. The van der Waals surface area contributed by atoms with E-state index in [0.29, 0.717) is 17.1 Å². The van der Waals surface area contributed by atoms with Gasteiger partial charge >= 0.3 is 0 Å². The van der Waals surface area contributed by atoms with E-state index in [1.165, 1.54) is 0 Å². The van der Waals surface area contributed by atoms with E-state index in [0.717, 1.165) is 43.8 Å². The molecular formula is C34H25N3O2S. The van der Waals surface area contributed by atoms with Crippen molar-refractivity contribution in [1.29, 1.82) is 0 Å². The third-order valence-electron chi connectivity index (χ3n) is 7.29. The Hall–Kier alpha value is -4.94. The third-order valence-corrected chi connectivity index (χ3v) is 8.67. The number of benzene rings is 6. The maximum Gasteiger partial charge on any atom is 0.261 e. The molecule has 194 valence electrons. The van der Waals surface area contributed by atoms with Crippen molar-refractivity contribution in [2.75, 3.05) is 4.72 Å². The molecule has 0 saturated heterocycles. The number of fused-ring (bicyclic) bond motifs is 6. The molecule has 0 atom stereocenters. The Bertz CT molecular complexity index is 2150. The SMILES string of the molecule is Cc1ccc(S(=O)(=O)Nc2ccccc2-c2nc3c4ccccc4c4ccccc4c3n2-c2ccccc2)cc1. The highest BCUT2D eigenvalue weighted by Crippen LogP contribution is 2.40. The van der Waals surface area contributed by atoms with Gasteiger partial charge in [-0.3, -0.25) is 9.29 Å². The number of imidazole rings is 1. The van der Waals surface area contributed by atoms with Crippen LogP contribution in [0.25, 0.3) is 49.7 Å². The van der Waals surface area contributed by atoms with Gasteiger partial charge in [-0.05, 0) is 54.1 Å². The van der Waals surface area contributed by atoms with Crippen LogP contribution in [0.5, 0.6) is 0 Å². The predicted molar refractivity (Wildman–Crippen MR) is 164 cm³/mol. The van der Waals surface area contributed by atoms with Crippen LogP contribution >= 0.6 is 0 Å². The minimum atomic E-state index is -3.82. The Kier molecular flexibility index (Phi) is 5.65. The van der Waals surface area contributed by atoms with Gasteiger partial charge in [-0.15, -0.1) is 0 Å². The average molecular weight is 540 g/mol. The van der Waals surface area contributed by atoms with Crippen LogP contribution in [0.1, 0.15) is 5.56 Å². The van der Waals surface area contributed by atoms with Crippen molar-refractivity contribution in [3.8, 4) is 17.1 Å². The molecule has 7 rings (SSSR count). The standard InChI is InChI=1S/C34H25N3O2S/c1-23-19-21-25(22-20-23)40(38,39)36-31-18-10-9-17-30(31)34-35-32-28-15-7-5-13-26(28)27-14-6-8-16-29(27)33(32)37(34)24-11-3-2-4-12-24/h2-22,36H,1H3. The molecule has 6 heteroatoms. The van der Waals surface area contributed by atoms with Crippen molar-refractivity contribution in [1.82, 2.24) is 9.55 Å².